The van der Waals surface area contributed by atoms with Gasteiger partial charge in [-0.05, 0) is 37.5 Å². The molecule has 1 aromatic carbocycles. The smallest absolute Gasteiger partial charge is 0.321 e. The predicted molar refractivity (Wildman–Crippen MR) is 101 cm³/mol. The summed E-state index contributed by atoms with van der Waals surface area (Å²) in [6, 6.07) is 6.61. The van der Waals surface area contributed by atoms with Crippen LogP contribution in [0.25, 0.3) is 0 Å². The van der Waals surface area contributed by atoms with Gasteiger partial charge in [0.1, 0.15) is 0 Å². The zero-order valence-corrected chi connectivity index (χ0v) is 15.9. The van der Waals surface area contributed by atoms with Gasteiger partial charge in [-0.15, -0.1) is 12.4 Å². The van der Waals surface area contributed by atoms with E-state index in [4.69, 9.17) is 5.73 Å². The topological polar surface area (TPSA) is 87.5 Å². The summed E-state index contributed by atoms with van der Waals surface area (Å²) in [6.07, 6.45) is 0.798. The summed E-state index contributed by atoms with van der Waals surface area (Å²) in [5.74, 6) is 0.231. The molecule has 3 amide bonds. The summed E-state index contributed by atoms with van der Waals surface area (Å²) in [5, 5.41) is 5.73. The molecule has 0 bridgehead atoms. The molecule has 1 unspecified atom stereocenters. The fraction of sp³-hybridized carbons (Fsp3) is 0.529. The van der Waals surface area contributed by atoms with Gasteiger partial charge in [-0.2, -0.15) is 0 Å². The minimum Gasteiger partial charge on any atom is -0.346 e. The van der Waals surface area contributed by atoms with Gasteiger partial charge in [0.25, 0.3) is 5.91 Å². The molecule has 0 aliphatic heterocycles. The zero-order valence-electron chi connectivity index (χ0n) is 15.1. The molecule has 0 saturated carbocycles. The summed E-state index contributed by atoms with van der Waals surface area (Å²) in [5.41, 5.74) is 6.45. The van der Waals surface area contributed by atoms with Crippen molar-refractivity contribution >= 4 is 30.0 Å². The number of carbonyl (C=O) groups excluding carboxylic acids is 2. The fourth-order valence-corrected chi connectivity index (χ4v) is 2.41. The number of amides is 3. The average Bonchev–Trinajstić information content (AvgIpc) is 2.46. The molecule has 24 heavy (non-hydrogen) atoms. The first-order valence-electron chi connectivity index (χ1n) is 7.78. The zero-order chi connectivity index (χ0) is 17.6. The summed E-state index contributed by atoms with van der Waals surface area (Å²) in [6.45, 7) is 6.51. The highest BCUT2D eigenvalue weighted by Gasteiger charge is 2.26. The number of hydrogen-bond donors (Lipinski definition) is 3. The van der Waals surface area contributed by atoms with Crippen LogP contribution in [-0.2, 0) is 0 Å². The largest absolute Gasteiger partial charge is 0.346 e. The van der Waals surface area contributed by atoms with Crippen LogP contribution < -0.4 is 16.4 Å². The van der Waals surface area contributed by atoms with Crippen LogP contribution >= 0.6 is 12.4 Å². The molecule has 0 fully saturated rings. The first-order valence-corrected chi connectivity index (χ1v) is 7.78. The highest BCUT2D eigenvalue weighted by atomic mass is 35.5. The van der Waals surface area contributed by atoms with E-state index in [2.05, 4.69) is 24.5 Å². The van der Waals surface area contributed by atoms with Crippen molar-refractivity contribution in [2.24, 2.45) is 11.7 Å². The van der Waals surface area contributed by atoms with E-state index in [1.807, 2.05) is 6.92 Å². The second-order valence-corrected chi connectivity index (χ2v) is 6.72. The van der Waals surface area contributed by atoms with Gasteiger partial charge in [0.15, 0.2) is 0 Å². The molecular formula is C17H29ClN4O2. The fourth-order valence-electron chi connectivity index (χ4n) is 2.41. The van der Waals surface area contributed by atoms with Crippen LogP contribution in [0.15, 0.2) is 24.3 Å². The number of rotatable bonds is 6. The van der Waals surface area contributed by atoms with Crippen molar-refractivity contribution in [1.82, 2.24) is 10.2 Å². The van der Waals surface area contributed by atoms with E-state index in [-0.39, 0.29) is 24.3 Å². The number of urea groups is 1. The third kappa shape index (κ3) is 6.76. The Bertz CT molecular complexity index is 563. The highest BCUT2D eigenvalue weighted by Crippen LogP contribution is 2.17. The van der Waals surface area contributed by atoms with Crippen LogP contribution in [0.2, 0.25) is 0 Å². The number of nitrogens with two attached hydrogens (primary N) is 1. The summed E-state index contributed by atoms with van der Waals surface area (Å²) in [7, 11) is 3.31. The lowest BCUT2D eigenvalue weighted by Crippen LogP contribution is -2.52. The SMILES string of the molecule is CC(C)CC(C)(CN)NC(=O)c1cccc(NC(=O)N(C)C)c1.Cl. The molecule has 7 heteroatoms. The number of nitrogens with one attached hydrogen (secondary N) is 2. The van der Waals surface area contributed by atoms with Crippen molar-refractivity contribution in [2.75, 3.05) is 26.0 Å². The van der Waals surface area contributed by atoms with E-state index in [1.54, 1.807) is 38.4 Å². The second kappa shape index (κ2) is 9.49. The van der Waals surface area contributed by atoms with Gasteiger partial charge in [0.2, 0.25) is 0 Å². The van der Waals surface area contributed by atoms with Crippen LogP contribution in [0, 0.1) is 5.92 Å². The minimum absolute atomic E-state index is 0. The average molecular weight is 357 g/mol. The van der Waals surface area contributed by atoms with Crippen LogP contribution in [0.3, 0.4) is 0 Å². The van der Waals surface area contributed by atoms with Gasteiger partial charge < -0.3 is 21.3 Å². The van der Waals surface area contributed by atoms with Crippen LogP contribution in [0.5, 0.6) is 0 Å². The van der Waals surface area contributed by atoms with Crippen molar-refractivity contribution in [2.45, 2.75) is 32.7 Å². The Morgan fingerprint density at radius 1 is 1.29 bits per heavy atom. The standard InChI is InChI=1S/C17H28N4O2.ClH/c1-12(2)10-17(3,11-18)20-15(22)13-7-6-8-14(9-13)19-16(23)21(4)5;/h6-9,12H,10-11,18H2,1-5H3,(H,19,23)(H,20,22);1H. The molecule has 0 aliphatic rings. The molecule has 0 spiro atoms. The van der Waals surface area contributed by atoms with E-state index < -0.39 is 5.54 Å². The predicted octanol–water partition coefficient (Wildman–Crippen LogP) is 2.70. The molecule has 0 saturated heterocycles. The number of hydrogen-bond acceptors (Lipinski definition) is 3. The van der Waals surface area contributed by atoms with E-state index in [0.29, 0.717) is 23.7 Å². The maximum atomic E-state index is 12.5. The molecule has 1 aromatic rings. The van der Waals surface area contributed by atoms with Crippen LogP contribution in [0.1, 0.15) is 37.6 Å². The molecule has 0 heterocycles. The quantitative estimate of drug-likeness (QED) is 0.732. The summed E-state index contributed by atoms with van der Waals surface area (Å²) < 4.78 is 0. The lowest BCUT2D eigenvalue weighted by molar-refractivity contribution is 0.0898. The monoisotopic (exact) mass is 356 g/mol. The van der Waals surface area contributed by atoms with Crippen molar-refractivity contribution in [3.8, 4) is 0 Å². The van der Waals surface area contributed by atoms with Gasteiger partial charge >= 0.3 is 6.03 Å². The summed E-state index contributed by atoms with van der Waals surface area (Å²) >= 11 is 0. The number of carbonyl (C=O) groups is 2. The lowest BCUT2D eigenvalue weighted by atomic mass is 9.90. The molecule has 1 rings (SSSR count). The molecule has 0 aliphatic carbocycles. The maximum absolute atomic E-state index is 12.5. The molecule has 1 atom stereocenters. The number of halogens is 1. The highest BCUT2D eigenvalue weighted by molar-refractivity contribution is 5.97. The first kappa shape index (κ1) is 22.2. The van der Waals surface area contributed by atoms with E-state index in [0.717, 1.165) is 6.42 Å². The number of anilines is 1. The molecular weight excluding hydrogens is 328 g/mol. The third-order valence-electron chi connectivity index (χ3n) is 3.51. The van der Waals surface area contributed by atoms with Crippen molar-refractivity contribution in [3.05, 3.63) is 29.8 Å². The second-order valence-electron chi connectivity index (χ2n) is 6.72. The molecule has 136 valence electrons. The van der Waals surface area contributed by atoms with Gasteiger partial charge in [0.05, 0.1) is 0 Å². The molecule has 0 aromatic heterocycles. The van der Waals surface area contributed by atoms with Crippen molar-refractivity contribution < 1.29 is 9.59 Å². The van der Waals surface area contributed by atoms with Gasteiger partial charge in [-0.3, -0.25) is 4.79 Å². The third-order valence-corrected chi connectivity index (χ3v) is 3.51. The van der Waals surface area contributed by atoms with E-state index in [9.17, 15) is 9.59 Å². The molecule has 4 N–H and O–H groups in total. The number of benzene rings is 1. The molecule has 6 nitrogen and oxygen atoms in total. The summed E-state index contributed by atoms with van der Waals surface area (Å²) in [4.78, 5) is 25.6. The minimum atomic E-state index is -0.450. The van der Waals surface area contributed by atoms with Gasteiger partial charge in [0, 0.05) is 37.4 Å². The Morgan fingerprint density at radius 3 is 2.42 bits per heavy atom. The number of nitrogens with zero attached hydrogens (tertiary/aromatic N) is 1. The Morgan fingerprint density at radius 2 is 1.92 bits per heavy atom. The Labute approximate surface area is 150 Å². The van der Waals surface area contributed by atoms with Crippen molar-refractivity contribution in [1.29, 1.82) is 0 Å². The molecule has 0 radical (unpaired) electrons. The normalized spacial score (nSPS) is 12.8. The van der Waals surface area contributed by atoms with E-state index in [1.165, 1.54) is 4.90 Å². The van der Waals surface area contributed by atoms with Crippen LogP contribution in [0.4, 0.5) is 10.5 Å². The van der Waals surface area contributed by atoms with Crippen LogP contribution in [-0.4, -0.2) is 43.0 Å². The van der Waals surface area contributed by atoms with E-state index >= 15 is 0 Å². The Hall–Kier alpha value is -1.79. The maximum Gasteiger partial charge on any atom is 0.321 e. The lowest BCUT2D eigenvalue weighted by Gasteiger charge is -2.31. The first-order chi connectivity index (χ1) is 10.7. The Balaban J connectivity index is 0.00000529. The van der Waals surface area contributed by atoms with Crippen molar-refractivity contribution in [3.63, 3.8) is 0 Å². The van der Waals surface area contributed by atoms with Gasteiger partial charge in [-0.1, -0.05) is 19.9 Å². The Kier molecular flexibility index (Phi) is 8.78. The van der Waals surface area contributed by atoms with Gasteiger partial charge in [-0.25, -0.2) is 4.79 Å².